The lowest BCUT2D eigenvalue weighted by Crippen LogP contribution is -2.48. The SMILES string of the molecule is O=C(N[C@H]1CCN(Cc2ccccc2)C1)[C@@H]1CCCN(C(=O)c2ccc(F)cc2)C1. The van der Waals surface area contributed by atoms with Crippen LogP contribution in [0.3, 0.4) is 0 Å². The van der Waals surface area contributed by atoms with Crippen molar-refractivity contribution in [3.05, 3.63) is 71.5 Å². The predicted molar refractivity (Wildman–Crippen MR) is 113 cm³/mol. The zero-order valence-electron chi connectivity index (χ0n) is 17.1. The molecule has 0 radical (unpaired) electrons. The smallest absolute Gasteiger partial charge is 0.253 e. The molecular weight excluding hydrogens is 381 g/mol. The van der Waals surface area contributed by atoms with Gasteiger partial charge in [0.05, 0.1) is 5.92 Å². The maximum absolute atomic E-state index is 13.1. The molecule has 4 rings (SSSR count). The molecule has 2 amide bonds. The summed E-state index contributed by atoms with van der Waals surface area (Å²) >= 11 is 0. The molecule has 0 spiro atoms. The van der Waals surface area contributed by atoms with Gasteiger partial charge >= 0.3 is 0 Å². The lowest BCUT2D eigenvalue weighted by atomic mass is 9.96. The minimum atomic E-state index is -0.361. The van der Waals surface area contributed by atoms with E-state index in [1.807, 2.05) is 18.2 Å². The molecule has 6 heteroatoms. The molecule has 0 aromatic heterocycles. The first-order valence-corrected chi connectivity index (χ1v) is 10.7. The first kappa shape index (κ1) is 20.5. The maximum atomic E-state index is 13.1. The van der Waals surface area contributed by atoms with Crippen LogP contribution in [0.1, 0.15) is 35.2 Å². The van der Waals surface area contributed by atoms with Crippen molar-refractivity contribution in [1.82, 2.24) is 15.1 Å². The summed E-state index contributed by atoms with van der Waals surface area (Å²) in [6.45, 7) is 3.78. The Bertz CT molecular complexity index is 872. The zero-order chi connectivity index (χ0) is 20.9. The number of hydrogen-bond donors (Lipinski definition) is 1. The molecule has 2 aromatic carbocycles. The van der Waals surface area contributed by atoms with Crippen LogP contribution < -0.4 is 5.32 Å². The molecule has 2 atom stereocenters. The van der Waals surface area contributed by atoms with E-state index in [0.717, 1.165) is 38.9 Å². The van der Waals surface area contributed by atoms with Gasteiger partial charge in [0.2, 0.25) is 5.91 Å². The second-order valence-electron chi connectivity index (χ2n) is 8.31. The second kappa shape index (κ2) is 9.39. The highest BCUT2D eigenvalue weighted by Crippen LogP contribution is 2.20. The molecule has 0 unspecified atom stereocenters. The van der Waals surface area contributed by atoms with Crippen LogP contribution in [-0.2, 0) is 11.3 Å². The fraction of sp³-hybridized carbons (Fsp3) is 0.417. The largest absolute Gasteiger partial charge is 0.352 e. The van der Waals surface area contributed by atoms with E-state index in [-0.39, 0.29) is 29.6 Å². The van der Waals surface area contributed by atoms with Gasteiger partial charge < -0.3 is 10.2 Å². The van der Waals surface area contributed by atoms with Crippen molar-refractivity contribution in [3.8, 4) is 0 Å². The minimum absolute atomic E-state index is 0.0400. The van der Waals surface area contributed by atoms with E-state index in [1.165, 1.54) is 29.8 Å². The topological polar surface area (TPSA) is 52.7 Å². The third-order valence-corrected chi connectivity index (χ3v) is 6.04. The molecule has 0 saturated carbocycles. The number of amides is 2. The summed E-state index contributed by atoms with van der Waals surface area (Å²) in [5.74, 6) is -0.646. The van der Waals surface area contributed by atoms with Gasteiger partial charge in [-0.05, 0) is 49.1 Å². The van der Waals surface area contributed by atoms with Gasteiger partial charge in [-0.2, -0.15) is 0 Å². The van der Waals surface area contributed by atoms with Crippen molar-refractivity contribution in [2.24, 2.45) is 5.92 Å². The molecule has 0 bridgehead atoms. The quantitative estimate of drug-likeness (QED) is 0.826. The predicted octanol–water partition coefficient (Wildman–Crippen LogP) is 3.07. The van der Waals surface area contributed by atoms with Gasteiger partial charge in [0.25, 0.3) is 5.91 Å². The summed E-state index contributed by atoms with van der Waals surface area (Å²) in [5.41, 5.74) is 1.75. The van der Waals surface area contributed by atoms with E-state index in [9.17, 15) is 14.0 Å². The highest BCUT2D eigenvalue weighted by Gasteiger charge is 2.31. The fourth-order valence-corrected chi connectivity index (χ4v) is 4.41. The van der Waals surface area contributed by atoms with E-state index in [4.69, 9.17) is 0 Å². The maximum Gasteiger partial charge on any atom is 0.253 e. The van der Waals surface area contributed by atoms with Gasteiger partial charge in [-0.1, -0.05) is 30.3 Å². The third-order valence-electron chi connectivity index (χ3n) is 6.04. The first-order chi connectivity index (χ1) is 14.6. The van der Waals surface area contributed by atoms with Crippen LogP contribution in [0.25, 0.3) is 0 Å². The zero-order valence-corrected chi connectivity index (χ0v) is 17.1. The van der Waals surface area contributed by atoms with Gasteiger partial charge in [-0.3, -0.25) is 14.5 Å². The number of carbonyl (C=O) groups excluding carboxylic acids is 2. The molecule has 2 saturated heterocycles. The van der Waals surface area contributed by atoms with Crippen molar-refractivity contribution in [2.75, 3.05) is 26.2 Å². The number of rotatable bonds is 5. The van der Waals surface area contributed by atoms with E-state index < -0.39 is 0 Å². The summed E-state index contributed by atoms with van der Waals surface area (Å²) in [6, 6.07) is 16.1. The van der Waals surface area contributed by atoms with Crippen LogP contribution in [0.5, 0.6) is 0 Å². The van der Waals surface area contributed by atoms with Crippen molar-refractivity contribution in [1.29, 1.82) is 0 Å². The number of benzene rings is 2. The molecule has 2 heterocycles. The lowest BCUT2D eigenvalue weighted by Gasteiger charge is -2.32. The van der Waals surface area contributed by atoms with Crippen molar-refractivity contribution in [2.45, 2.75) is 31.8 Å². The van der Waals surface area contributed by atoms with Crippen LogP contribution >= 0.6 is 0 Å². The molecule has 158 valence electrons. The first-order valence-electron chi connectivity index (χ1n) is 10.7. The van der Waals surface area contributed by atoms with Crippen LogP contribution in [-0.4, -0.2) is 53.8 Å². The number of nitrogens with one attached hydrogen (secondary N) is 1. The van der Waals surface area contributed by atoms with Gasteiger partial charge in [0.15, 0.2) is 0 Å². The summed E-state index contributed by atoms with van der Waals surface area (Å²) in [7, 11) is 0. The van der Waals surface area contributed by atoms with E-state index >= 15 is 0 Å². The van der Waals surface area contributed by atoms with Crippen LogP contribution in [0, 0.1) is 11.7 Å². The van der Waals surface area contributed by atoms with Gasteiger partial charge in [0, 0.05) is 44.3 Å². The average molecular weight is 410 g/mol. The summed E-state index contributed by atoms with van der Waals surface area (Å²) in [6.07, 6.45) is 2.54. The molecule has 0 aliphatic carbocycles. The lowest BCUT2D eigenvalue weighted by molar-refractivity contribution is -0.127. The van der Waals surface area contributed by atoms with Crippen molar-refractivity contribution < 1.29 is 14.0 Å². The minimum Gasteiger partial charge on any atom is -0.352 e. The van der Waals surface area contributed by atoms with E-state index in [0.29, 0.717) is 18.7 Å². The Hall–Kier alpha value is -2.73. The highest BCUT2D eigenvalue weighted by atomic mass is 19.1. The molecular formula is C24H28FN3O2. The summed E-state index contributed by atoms with van der Waals surface area (Å²) in [5, 5.41) is 3.20. The van der Waals surface area contributed by atoms with Crippen molar-refractivity contribution >= 4 is 11.8 Å². The number of halogens is 1. The Labute approximate surface area is 176 Å². The summed E-state index contributed by atoms with van der Waals surface area (Å²) < 4.78 is 13.1. The van der Waals surface area contributed by atoms with Crippen LogP contribution in [0.2, 0.25) is 0 Å². The molecule has 2 aliphatic rings. The third kappa shape index (κ3) is 5.05. The molecule has 5 nitrogen and oxygen atoms in total. The van der Waals surface area contributed by atoms with E-state index in [1.54, 1.807) is 4.90 Å². The van der Waals surface area contributed by atoms with Crippen LogP contribution in [0.4, 0.5) is 4.39 Å². The number of nitrogens with zero attached hydrogens (tertiary/aromatic N) is 2. The van der Waals surface area contributed by atoms with E-state index in [2.05, 4.69) is 22.3 Å². The monoisotopic (exact) mass is 409 g/mol. The molecule has 2 aliphatic heterocycles. The number of carbonyl (C=O) groups is 2. The van der Waals surface area contributed by atoms with Gasteiger partial charge in [-0.15, -0.1) is 0 Å². The van der Waals surface area contributed by atoms with Gasteiger partial charge in [-0.25, -0.2) is 4.39 Å². The number of likely N-dealkylation sites (tertiary alicyclic amines) is 2. The Morgan fingerprint density at radius 1 is 0.967 bits per heavy atom. The van der Waals surface area contributed by atoms with Crippen molar-refractivity contribution in [3.63, 3.8) is 0 Å². The molecule has 30 heavy (non-hydrogen) atoms. The van der Waals surface area contributed by atoms with Crippen LogP contribution in [0.15, 0.2) is 54.6 Å². The normalized spacial score (nSPS) is 22.1. The average Bonchev–Trinajstić information content (AvgIpc) is 3.21. The number of piperidine rings is 1. The number of hydrogen-bond acceptors (Lipinski definition) is 3. The fourth-order valence-electron chi connectivity index (χ4n) is 4.41. The molecule has 2 aromatic rings. The van der Waals surface area contributed by atoms with Gasteiger partial charge in [0.1, 0.15) is 5.82 Å². The Kier molecular flexibility index (Phi) is 6.43. The highest BCUT2D eigenvalue weighted by molar-refractivity contribution is 5.94. The summed E-state index contributed by atoms with van der Waals surface area (Å²) in [4.78, 5) is 29.6. The standard InChI is InChI=1S/C24H28FN3O2/c25-21-10-8-19(9-11-21)24(30)28-13-4-7-20(16-28)23(29)26-22-12-14-27(17-22)15-18-5-2-1-3-6-18/h1-3,5-6,8-11,20,22H,4,7,12-17H2,(H,26,29)/t20-,22+/m1/s1. The Balaban J connectivity index is 1.28. The Morgan fingerprint density at radius 3 is 2.50 bits per heavy atom. The molecule has 1 N–H and O–H groups in total. The second-order valence-corrected chi connectivity index (χ2v) is 8.31. The molecule has 2 fully saturated rings. The Morgan fingerprint density at radius 2 is 1.73 bits per heavy atom.